The van der Waals surface area contributed by atoms with E-state index in [0.29, 0.717) is 0 Å². The first-order valence-electron chi connectivity index (χ1n) is 4.40. The van der Waals surface area contributed by atoms with Crippen molar-refractivity contribution in [2.75, 3.05) is 6.61 Å². The molecule has 0 rings (SSSR count). The molecule has 1 N–H and O–H groups in total. The average molecular weight is 164 g/mol. The largest absolute Gasteiger partial charge is 0.384 e. The fourth-order valence-corrected chi connectivity index (χ4v) is 0.777. The summed E-state index contributed by atoms with van der Waals surface area (Å²) in [4.78, 5) is 0. The zero-order valence-electron chi connectivity index (χ0n) is 7.64. The van der Waals surface area contributed by atoms with Gasteiger partial charge in [0.2, 0.25) is 0 Å². The van der Waals surface area contributed by atoms with Gasteiger partial charge in [0.25, 0.3) is 0 Å². The van der Waals surface area contributed by atoms with E-state index in [4.69, 9.17) is 5.11 Å². The summed E-state index contributed by atoms with van der Waals surface area (Å²) < 4.78 is 0. The molecule has 0 aromatic heterocycles. The Labute approximate surface area is 74.8 Å². The van der Waals surface area contributed by atoms with Crippen LogP contribution in [0.4, 0.5) is 0 Å². The van der Waals surface area contributed by atoms with Gasteiger partial charge in [0, 0.05) is 6.08 Å². The van der Waals surface area contributed by atoms with E-state index in [9.17, 15) is 0 Å². The minimum atomic E-state index is -0.0754. The topological polar surface area (TPSA) is 20.2 Å². The lowest BCUT2D eigenvalue weighted by Gasteiger charge is -1.87. The lowest BCUT2D eigenvalue weighted by atomic mass is 10.2. The minimum absolute atomic E-state index is 0.0754. The molecule has 0 heterocycles. The Balaban J connectivity index is 3.40. The van der Waals surface area contributed by atoms with E-state index in [1.165, 1.54) is 19.3 Å². The SMILES string of the molecule is CCCCCC=C=CC#CCO. The van der Waals surface area contributed by atoms with Crippen LogP contribution in [0.5, 0.6) is 0 Å². The highest BCUT2D eigenvalue weighted by Crippen LogP contribution is 1.98. The second kappa shape index (κ2) is 10.0. The third-order valence-electron chi connectivity index (χ3n) is 1.41. The van der Waals surface area contributed by atoms with Crippen molar-refractivity contribution in [1.29, 1.82) is 0 Å². The maximum absolute atomic E-state index is 8.31. The fraction of sp³-hybridized carbons (Fsp3) is 0.545. The van der Waals surface area contributed by atoms with Crippen LogP contribution in [0.25, 0.3) is 0 Å². The second-order valence-corrected chi connectivity index (χ2v) is 2.49. The van der Waals surface area contributed by atoms with E-state index in [2.05, 4.69) is 24.5 Å². The molecule has 0 aromatic carbocycles. The van der Waals surface area contributed by atoms with E-state index >= 15 is 0 Å². The molecular weight excluding hydrogens is 148 g/mol. The van der Waals surface area contributed by atoms with Gasteiger partial charge in [-0.2, -0.15) is 0 Å². The molecule has 66 valence electrons. The lowest BCUT2D eigenvalue weighted by molar-refractivity contribution is 0.350. The highest BCUT2D eigenvalue weighted by atomic mass is 16.2. The third-order valence-corrected chi connectivity index (χ3v) is 1.41. The molecule has 0 aromatic rings. The van der Waals surface area contributed by atoms with E-state index in [0.717, 1.165) is 6.42 Å². The van der Waals surface area contributed by atoms with Gasteiger partial charge in [0.05, 0.1) is 0 Å². The molecule has 12 heavy (non-hydrogen) atoms. The van der Waals surface area contributed by atoms with Crippen LogP contribution in [0.3, 0.4) is 0 Å². The summed E-state index contributed by atoms with van der Waals surface area (Å²) >= 11 is 0. The van der Waals surface area contributed by atoms with Gasteiger partial charge in [-0.05, 0) is 18.9 Å². The molecule has 0 atom stereocenters. The van der Waals surface area contributed by atoms with Crippen LogP contribution in [0.1, 0.15) is 32.6 Å². The first kappa shape index (κ1) is 11.0. The summed E-state index contributed by atoms with van der Waals surface area (Å²) in [7, 11) is 0. The van der Waals surface area contributed by atoms with Gasteiger partial charge in [0.15, 0.2) is 0 Å². The number of aliphatic hydroxyl groups excluding tert-OH is 1. The van der Waals surface area contributed by atoms with Gasteiger partial charge in [0.1, 0.15) is 6.61 Å². The number of allylic oxidation sites excluding steroid dienone is 1. The smallest absolute Gasteiger partial charge is 0.104 e. The standard InChI is InChI=1S/C11H16O/c1-2-3-4-5-6-7-8-9-10-11-12/h6,8,12H,2-5,11H2,1H3. The molecule has 0 radical (unpaired) electrons. The van der Waals surface area contributed by atoms with Crippen LogP contribution in [-0.4, -0.2) is 11.7 Å². The van der Waals surface area contributed by atoms with Crippen molar-refractivity contribution in [3.05, 3.63) is 17.9 Å². The van der Waals surface area contributed by atoms with Crippen LogP contribution in [0.15, 0.2) is 17.9 Å². The van der Waals surface area contributed by atoms with E-state index in [1.807, 2.05) is 6.08 Å². The molecule has 1 heteroatoms. The Bertz CT molecular complexity index is 199. The van der Waals surface area contributed by atoms with Crippen LogP contribution in [-0.2, 0) is 0 Å². The van der Waals surface area contributed by atoms with Crippen molar-refractivity contribution in [2.45, 2.75) is 32.6 Å². The quantitative estimate of drug-likeness (QED) is 0.384. The summed E-state index contributed by atoms with van der Waals surface area (Å²) in [6, 6.07) is 0. The van der Waals surface area contributed by atoms with Gasteiger partial charge in [-0.25, -0.2) is 0 Å². The molecule has 1 nitrogen and oxygen atoms in total. The Morgan fingerprint density at radius 2 is 2.17 bits per heavy atom. The van der Waals surface area contributed by atoms with Gasteiger partial charge in [-0.1, -0.05) is 31.6 Å². The van der Waals surface area contributed by atoms with Crippen molar-refractivity contribution in [3.63, 3.8) is 0 Å². The normalized spacial score (nSPS) is 7.83. The lowest BCUT2D eigenvalue weighted by Crippen LogP contribution is -1.69. The van der Waals surface area contributed by atoms with Gasteiger partial charge < -0.3 is 5.11 Å². The Morgan fingerprint density at radius 1 is 1.33 bits per heavy atom. The molecule has 0 saturated carbocycles. The van der Waals surface area contributed by atoms with Crippen molar-refractivity contribution < 1.29 is 5.11 Å². The Kier molecular flexibility index (Phi) is 9.24. The van der Waals surface area contributed by atoms with E-state index in [1.54, 1.807) is 6.08 Å². The number of hydrogen-bond acceptors (Lipinski definition) is 1. The molecule has 0 aliphatic heterocycles. The van der Waals surface area contributed by atoms with Crippen molar-refractivity contribution in [3.8, 4) is 11.8 Å². The first-order valence-corrected chi connectivity index (χ1v) is 4.40. The fourth-order valence-electron chi connectivity index (χ4n) is 0.777. The number of rotatable bonds is 4. The number of hydrogen-bond donors (Lipinski definition) is 1. The monoisotopic (exact) mass is 164 g/mol. The zero-order valence-corrected chi connectivity index (χ0v) is 7.64. The maximum atomic E-state index is 8.31. The van der Waals surface area contributed by atoms with Crippen molar-refractivity contribution in [2.24, 2.45) is 0 Å². The molecule has 0 saturated heterocycles. The zero-order chi connectivity index (χ0) is 9.07. The highest BCUT2D eigenvalue weighted by Gasteiger charge is 1.78. The van der Waals surface area contributed by atoms with Crippen LogP contribution < -0.4 is 0 Å². The second-order valence-electron chi connectivity index (χ2n) is 2.49. The summed E-state index contributed by atoms with van der Waals surface area (Å²) in [6.45, 7) is 2.11. The Morgan fingerprint density at radius 3 is 2.83 bits per heavy atom. The predicted octanol–water partition coefficient (Wildman–Crippen LogP) is 2.27. The van der Waals surface area contributed by atoms with Crippen LogP contribution >= 0.6 is 0 Å². The summed E-state index contributed by atoms with van der Waals surface area (Å²) in [5.41, 5.74) is 2.94. The molecule has 0 spiro atoms. The maximum Gasteiger partial charge on any atom is 0.104 e. The van der Waals surface area contributed by atoms with Gasteiger partial charge >= 0.3 is 0 Å². The van der Waals surface area contributed by atoms with Gasteiger partial charge in [-0.15, -0.1) is 5.73 Å². The number of aliphatic hydroxyl groups is 1. The van der Waals surface area contributed by atoms with Crippen LogP contribution in [0.2, 0.25) is 0 Å². The molecular formula is C11H16O. The van der Waals surface area contributed by atoms with Crippen LogP contribution in [0, 0.1) is 11.8 Å². The minimum Gasteiger partial charge on any atom is -0.384 e. The summed E-state index contributed by atoms with van der Waals surface area (Å²) in [6.07, 6.45) is 8.46. The van der Waals surface area contributed by atoms with E-state index < -0.39 is 0 Å². The average Bonchev–Trinajstić information content (AvgIpc) is 2.10. The van der Waals surface area contributed by atoms with Crippen molar-refractivity contribution in [1.82, 2.24) is 0 Å². The molecule has 0 amide bonds. The van der Waals surface area contributed by atoms with Gasteiger partial charge in [-0.3, -0.25) is 0 Å². The molecule has 0 aliphatic carbocycles. The first-order chi connectivity index (χ1) is 5.91. The molecule has 0 fully saturated rings. The van der Waals surface area contributed by atoms with E-state index in [-0.39, 0.29) is 6.61 Å². The Hall–Kier alpha value is -0.960. The molecule has 0 bridgehead atoms. The predicted molar refractivity (Wildman–Crippen MR) is 51.7 cm³/mol. The number of unbranched alkanes of at least 4 members (excludes halogenated alkanes) is 3. The highest BCUT2D eigenvalue weighted by molar-refractivity contribution is 5.14. The summed E-state index contributed by atoms with van der Waals surface area (Å²) in [5.74, 6) is 5.18. The molecule has 0 unspecified atom stereocenters. The third kappa shape index (κ3) is 9.04. The molecule has 0 aliphatic rings. The van der Waals surface area contributed by atoms with Crippen molar-refractivity contribution >= 4 is 0 Å². The summed E-state index contributed by atoms with van der Waals surface area (Å²) in [5, 5.41) is 8.31.